The van der Waals surface area contributed by atoms with Crippen molar-refractivity contribution in [3.63, 3.8) is 0 Å². The molecule has 0 bridgehead atoms. The Bertz CT molecular complexity index is 2800. The zero-order valence-corrected chi connectivity index (χ0v) is 28.4. The van der Waals surface area contributed by atoms with Crippen LogP contribution in [0.5, 0.6) is 0 Å². The summed E-state index contributed by atoms with van der Waals surface area (Å²) in [6.45, 7) is 4.70. The van der Waals surface area contributed by atoms with Crippen LogP contribution in [0.15, 0.2) is 164 Å². The van der Waals surface area contributed by atoms with Crippen molar-refractivity contribution in [3.8, 4) is 56.0 Å². The first-order chi connectivity index (χ1) is 25.1. The van der Waals surface area contributed by atoms with Gasteiger partial charge >= 0.3 is 0 Å². The van der Waals surface area contributed by atoms with Gasteiger partial charge in [0.05, 0.1) is 11.2 Å². The zero-order chi connectivity index (χ0) is 34.1. The van der Waals surface area contributed by atoms with Crippen molar-refractivity contribution in [2.24, 2.45) is 0 Å². The maximum absolute atomic E-state index is 5.38. The molecule has 0 atom stereocenters. The molecule has 0 saturated heterocycles. The summed E-state index contributed by atoms with van der Waals surface area (Å²) in [4.78, 5) is 14.2. The second kappa shape index (κ2) is 11.3. The Morgan fingerprint density at radius 1 is 0.451 bits per heavy atom. The van der Waals surface area contributed by atoms with Gasteiger partial charge in [0.15, 0.2) is 5.82 Å². The van der Waals surface area contributed by atoms with Crippen molar-refractivity contribution in [2.45, 2.75) is 19.3 Å². The van der Waals surface area contributed by atoms with E-state index in [0.717, 1.165) is 22.6 Å². The first-order valence-corrected chi connectivity index (χ1v) is 17.5. The molecule has 2 aromatic heterocycles. The lowest BCUT2D eigenvalue weighted by Gasteiger charge is -2.26. The van der Waals surface area contributed by atoms with E-state index in [1.54, 1.807) is 12.4 Å². The van der Waals surface area contributed by atoms with Crippen molar-refractivity contribution < 1.29 is 0 Å². The Kier molecular flexibility index (Phi) is 6.53. The molecule has 0 spiro atoms. The summed E-state index contributed by atoms with van der Waals surface area (Å²) in [5, 5.41) is 6.15. The van der Waals surface area contributed by atoms with E-state index in [-0.39, 0.29) is 5.41 Å². The number of pyridine rings is 1. The minimum Gasteiger partial charge on any atom is -0.247 e. The van der Waals surface area contributed by atoms with Crippen molar-refractivity contribution in [3.05, 3.63) is 175 Å². The highest BCUT2D eigenvalue weighted by atomic mass is 14.8. The highest BCUT2D eigenvalue weighted by Gasteiger charge is 2.39. The van der Waals surface area contributed by atoms with Crippen LogP contribution in [0.2, 0.25) is 0 Å². The van der Waals surface area contributed by atoms with Crippen LogP contribution in [0.25, 0.3) is 88.5 Å². The fourth-order valence-corrected chi connectivity index (χ4v) is 8.36. The molecule has 10 rings (SSSR count). The molecule has 0 unspecified atom stereocenters. The normalized spacial score (nSPS) is 13.1. The minimum absolute atomic E-state index is 0.198. The molecule has 0 aliphatic heterocycles. The van der Waals surface area contributed by atoms with E-state index in [1.807, 2.05) is 6.07 Å². The van der Waals surface area contributed by atoms with E-state index in [2.05, 4.69) is 169 Å². The summed E-state index contributed by atoms with van der Waals surface area (Å²) >= 11 is 0. The summed E-state index contributed by atoms with van der Waals surface area (Å²) in [6.07, 6.45) is 3.56. The lowest BCUT2D eigenvalue weighted by Crippen LogP contribution is -2.16. The Morgan fingerprint density at radius 3 is 1.71 bits per heavy atom. The van der Waals surface area contributed by atoms with Gasteiger partial charge in [-0.1, -0.05) is 153 Å². The highest BCUT2D eigenvalue weighted by Crippen LogP contribution is 2.54. The van der Waals surface area contributed by atoms with Crippen molar-refractivity contribution in [2.75, 3.05) is 0 Å². The Morgan fingerprint density at radius 2 is 1.02 bits per heavy atom. The van der Waals surface area contributed by atoms with Gasteiger partial charge in [-0.3, -0.25) is 0 Å². The molecule has 1 aliphatic rings. The Labute approximate surface area is 297 Å². The Balaban J connectivity index is 1.12. The fourth-order valence-electron chi connectivity index (χ4n) is 8.36. The molecule has 240 valence electrons. The van der Waals surface area contributed by atoms with Crippen LogP contribution in [-0.2, 0) is 5.41 Å². The van der Waals surface area contributed by atoms with Crippen LogP contribution in [0, 0.1) is 0 Å². The van der Waals surface area contributed by atoms with Crippen LogP contribution in [0.1, 0.15) is 25.0 Å². The van der Waals surface area contributed by atoms with Gasteiger partial charge in [0, 0.05) is 34.3 Å². The molecule has 0 amide bonds. The summed E-state index contributed by atoms with van der Waals surface area (Å²) in [5.41, 5.74) is 14.1. The second-order valence-electron chi connectivity index (χ2n) is 14.0. The van der Waals surface area contributed by atoms with Gasteiger partial charge in [0.1, 0.15) is 0 Å². The molecule has 1 aliphatic carbocycles. The molecule has 0 N–H and O–H groups in total. The second-order valence-corrected chi connectivity index (χ2v) is 14.0. The molecule has 7 aromatic carbocycles. The molecule has 0 saturated carbocycles. The quantitative estimate of drug-likeness (QED) is 0.178. The van der Waals surface area contributed by atoms with Crippen LogP contribution >= 0.6 is 0 Å². The maximum atomic E-state index is 5.38. The van der Waals surface area contributed by atoms with Gasteiger partial charge < -0.3 is 0 Å². The monoisotopic (exact) mass is 651 g/mol. The number of rotatable bonds is 4. The average Bonchev–Trinajstić information content (AvgIpc) is 3.42. The number of nitrogens with zero attached hydrogens (tertiary/aromatic N) is 3. The summed E-state index contributed by atoms with van der Waals surface area (Å²) < 4.78 is 0. The van der Waals surface area contributed by atoms with Gasteiger partial charge in [0.2, 0.25) is 0 Å². The standard InChI is InChI=1S/C48H33N3/c1-48(2)41-15-8-7-14-40(41)46-45(48)43(44-37-11-4-3-10-30(37)24-27-42(44)51-46)33-20-16-31(17-21-33)35-25-26-36(39-13-6-5-12-38(35)39)32-18-22-34(23-19-32)47-49-28-9-29-50-47/h3-29H,1-2H3. The van der Waals surface area contributed by atoms with E-state index in [4.69, 9.17) is 4.98 Å². The predicted molar refractivity (Wildman–Crippen MR) is 212 cm³/mol. The average molecular weight is 652 g/mol. The molecule has 2 heterocycles. The van der Waals surface area contributed by atoms with Crippen molar-refractivity contribution in [1.82, 2.24) is 15.0 Å². The van der Waals surface area contributed by atoms with Crippen molar-refractivity contribution in [1.29, 1.82) is 0 Å². The first-order valence-electron chi connectivity index (χ1n) is 17.5. The van der Waals surface area contributed by atoms with Gasteiger partial charge in [-0.15, -0.1) is 0 Å². The molecular formula is C48H33N3. The van der Waals surface area contributed by atoms with Gasteiger partial charge in [-0.25, -0.2) is 15.0 Å². The minimum atomic E-state index is -0.198. The third-order valence-corrected chi connectivity index (χ3v) is 10.8. The number of hydrogen-bond acceptors (Lipinski definition) is 3. The van der Waals surface area contributed by atoms with E-state index >= 15 is 0 Å². The van der Waals surface area contributed by atoms with Crippen LogP contribution in [0.4, 0.5) is 0 Å². The third-order valence-electron chi connectivity index (χ3n) is 10.8. The molecule has 0 radical (unpaired) electrons. The summed E-state index contributed by atoms with van der Waals surface area (Å²) in [7, 11) is 0. The van der Waals surface area contributed by atoms with E-state index in [1.165, 1.54) is 77.0 Å². The van der Waals surface area contributed by atoms with Crippen molar-refractivity contribution >= 4 is 32.4 Å². The largest absolute Gasteiger partial charge is 0.247 e. The lowest BCUT2D eigenvalue weighted by molar-refractivity contribution is 0.662. The highest BCUT2D eigenvalue weighted by molar-refractivity contribution is 6.16. The predicted octanol–water partition coefficient (Wildman–Crippen LogP) is 12.3. The molecular weight excluding hydrogens is 619 g/mol. The fraction of sp³-hybridized carbons (Fsp3) is 0.0625. The number of fused-ring (bicyclic) bond motifs is 7. The van der Waals surface area contributed by atoms with E-state index in [0.29, 0.717) is 0 Å². The van der Waals surface area contributed by atoms with Gasteiger partial charge in [0.25, 0.3) is 0 Å². The van der Waals surface area contributed by atoms with Crippen LogP contribution in [-0.4, -0.2) is 15.0 Å². The Hall–Kier alpha value is -6.45. The number of benzene rings is 7. The molecule has 3 heteroatoms. The maximum Gasteiger partial charge on any atom is 0.159 e. The van der Waals surface area contributed by atoms with Gasteiger partial charge in [-0.05, 0) is 78.2 Å². The van der Waals surface area contributed by atoms with E-state index < -0.39 is 0 Å². The smallest absolute Gasteiger partial charge is 0.159 e. The lowest BCUT2D eigenvalue weighted by atomic mass is 9.78. The SMILES string of the molecule is CC1(C)c2ccccc2-c2nc3ccc4ccccc4c3c(-c3ccc(-c4ccc(-c5ccc(-c6ncccn6)cc5)c5ccccc45)cc3)c21. The first kappa shape index (κ1) is 29.5. The summed E-state index contributed by atoms with van der Waals surface area (Å²) in [6, 6.07) is 54.8. The topological polar surface area (TPSA) is 38.7 Å². The molecule has 3 nitrogen and oxygen atoms in total. The third kappa shape index (κ3) is 4.55. The van der Waals surface area contributed by atoms with E-state index in [9.17, 15) is 0 Å². The molecule has 51 heavy (non-hydrogen) atoms. The van der Waals surface area contributed by atoms with Crippen LogP contribution < -0.4 is 0 Å². The van der Waals surface area contributed by atoms with Gasteiger partial charge in [-0.2, -0.15) is 0 Å². The van der Waals surface area contributed by atoms with Crippen LogP contribution in [0.3, 0.4) is 0 Å². The number of aromatic nitrogens is 3. The molecule has 9 aromatic rings. The number of hydrogen-bond donors (Lipinski definition) is 0. The summed E-state index contributed by atoms with van der Waals surface area (Å²) in [5.74, 6) is 0.735. The molecule has 0 fully saturated rings. The zero-order valence-electron chi connectivity index (χ0n) is 28.4.